The minimum absolute atomic E-state index is 0.414. The highest BCUT2D eigenvalue weighted by atomic mass is 16.3. The molecule has 16 heavy (non-hydrogen) atoms. The molecule has 1 saturated carbocycles. The molecule has 2 rings (SSSR count). The first kappa shape index (κ1) is 12.3. The largest absolute Gasteiger partial charge is 0.387 e. The topological polar surface area (TPSA) is 49.5 Å². The zero-order valence-corrected chi connectivity index (χ0v) is 10.7. The van der Waals surface area contributed by atoms with Crippen LogP contribution in [0.5, 0.6) is 0 Å². The van der Waals surface area contributed by atoms with E-state index in [-0.39, 0.29) is 0 Å². The Bertz CT molecular complexity index is 232. The third kappa shape index (κ3) is 2.76. The van der Waals surface area contributed by atoms with Crippen molar-refractivity contribution in [3.63, 3.8) is 0 Å². The molecule has 0 radical (unpaired) electrons. The lowest BCUT2D eigenvalue weighted by Gasteiger charge is -2.40. The summed E-state index contributed by atoms with van der Waals surface area (Å²) in [4.78, 5) is 2.42. The highest BCUT2D eigenvalue weighted by Crippen LogP contribution is 2.40. The van der Waals surface area contributed by atoms with Crippen LogP contribution >= 0.6 is 0 Å². The molecule has 1 saturated heterocycles. The normalized spacial score (nSPS) is 36.0. The highest BCUT2D eigenvalue weighted by Gasteiger charge is 2.44. The van der Waals surface area contributed by atoms with Crippen LogP contribution in [0, 0.1) is 17.8 Å². The van der Waals surface area contributed by atoms with Gasteiger partial charge in [-0.15, -0.1) is 0 Å². The van der Waals surface area contributed by atoms with Gasteiger partial charge in [-0.1, -0.05) is 13.8 Å². The number of nitrogens with zero attached hydrogens (tertiary/aromatic N) is 1. The van der Waals surface area contributed by atoms with Crippen molar-refractivity contribution in [1.82, 2.24) is 4.90 Å². The Hall–Kier alpha value is -0.120. The summed E-state index contributed by atoms with van der Waals surface area (Å²) in [6, 6.07) is 0. The van der Waals surface area contributed by atoms with E-state index in [2.05, 4.69) is 18.7 Å². The van der Waals surface area contributed by atoms with E-state index in [9.17, 15) is 5.11 Å². The summed E-state index contributed by atoms with van der Waals surface area (Å²) in [6.07, 6.45) is 3.64. The second-order valence-electron chi connectivity index (χ2n) is 6.22. The Kier molecular flexibility index (Phi) is 3.57. The summed E-state index contributed by atoms with van der Waals surface area (Å²) in [5, 5.41) is 10.5. The van der Waals surface area contributed by atoms with Crippen LogP contribution in [0.15, 0.2) is 0 Å². The number of hydrogen-bond acceptors (Lipinski definition) is 3. The molecule has 0 bridgehead atoms. The molecule has 2 aliphatic rings. The maximum absolute atomic E-state index is 10.5. The van der Waals surface area contributed by atoms with Gasteiger partial charge in [0.15, 0.2) is 0 Å². The number of likely N-dealkylation sites (tertiary alicyclic amines) is 1. The van der Waals surface area contributed by atoms with Crippen molar-refractivity contribution < 1.29 is 5.11 Å². The monoisotopic (exact) mass is 226 g/mol. The zero-order chi connectivity index (χ0) is 11.8. The van der Waals surface area contributed by atoms with Gasteiger partial charge in [-0.05, 0) is 37.0 Å². The second kappa shape index (κ2) is 4.63. The van der Waals surface area contributed by atoms with E-state index in [0.717, 1.165) is 44.3 Å². The molecule has 0 spiro atoms. The molecule has 3 heteroatoms. The van der Waals surface area contributed by atoms with E-state index in [0.29, 0.717) is 12.5 Å². The highest BCUT2D eigenvalue weighted by molar-refractivity contribution is 4.98. The van der Waals surface area contributed by atoms with Gasteiger partial charge in [-0.3, -0.25) is 4.90 Å². The molecule has 0 amide bonds. The van der Waals surface area contributed by atoms with Crippen LogP contribution in [0.1, 0.15) is 33.1 Å². The lowest BCUT2D eigenvalue weighted by molar-refractivity contribution is -0.0231. The fourth-order valence-corrected chi connectivity index (χ4v) is 3.29. The SMILES string of the molecule is CC1CC(C)CN(CC(O)(CN)C2CC2)C1. The number of hydrogen-bond donors (Lipinski definition) is 2. The summed E-state index contributed by atoms with van der Waals surface area (Å²) < 4.78 is 0. The molecule has 94 valence electrons. The predicted molar refractivity (Wildman–Crippen MR) is 66.1 cm³/mol. The van der Waals surface area contributed by atoms with Gasteiger partial charge in [0.25, 0.3) is 0 Å². The summed E-state index contributed by atoms with van der Waals surface area (Å²) >= 11 is 0. The van der Waals surface area contributed by atoms with Crippen molar-refractivity contribution in [3.8, 4) is 0 Å². The molecule has 3 atom stereocenters. The van der Waals surface area contributed by atoms with Crippen LogP contribution in [-0.2, 0) is 0 Å². The molecule has 1 aliphatic carbocycles. The zero-order valence-electron chi connectivity index (χ0n) is 10.7. The van der Waals surface area contributed by atoms with E-state index < -0.39 is 5.60 Å². The standard InChI is InChI=1S/C13H26N2O/c1-10-5-11(2)7-15(6-10)9-13(16,8-14)12-3-4-12/h10-12,16H,3-9,14H2,1-2H3. The summed E-state index contributed by atoms with van der Waals surface area (Å²) in [5.41, 5.74) is 5.14. The smallest absolute Gasteiger partial charge is 0.0923 e. The second-order valence-corrected chi connectivity index (χ2v) is 6.22. The van der Waals surface area contributed by atoms with Crippen molar-refractivity contribution in [2.24, 2.45) is 23.5 Å². The molecular weight excluding hydrogens is 200 g/mol. The Morgan fingerprint density at radius 2 is 1.81 bits per heavy atom. The van der Waals surface area contributed by atoms with Crippen molar-refractivity contribution in [2.75, 3.05) is 26.2 Å². The molecule has 1 heterocycles. The van der Waals surface area contributed by atoms with Crippen molar-refractivity contribution in [2.45, 2.75) is 38.7 Å². The van der Waals surface area contributed by atoms with Gasteiger partial charge in [-0.2, -0.15) is 0 Å². The minimum Gasteiger partial charge on any atom is -0.387 e. The molecule has 1 aliphatic heterocycles. The van der Waals surface area contributed by atoms with Gasteiger partial charge in [-0.25, -0.2) is 0 Å². The molecule has 0 aromatic rings. The first-order valence-electron chi connectivity index (χ1n) is 6.68. The summed E-state index contributed by atoms with van der Waals surface area (Å²) in [7, 11) is 0. The Morgan fingerprint density at radius 3 is 2.25 bits per heavy atom. The van der Waals surface area contributed by atoms with Gasteiger partial charge < -0.3 is 10.8 Å². The number of nitrogens with two attached hydrogens (primary N) is 1. The fourth-order valence-electron chi connectivity index (χ4n) is 3.29. The van der Waals surface area contributed by atoms with E-state index in [1.165, 1.54) is 6.42 Å². The van der Waals surface area contributed by atoms with Crippen molar-refractivity contribution >= 4 is 0 Å². The van der Waals surface area contributed by atoms with E-state index in [4.69, 9.17) is 5.73 Å². The molecule has 2 fully saturated rings. The summed E-state index contributed by atoms with van der Waals surface area (Å²) in [6.45, 7) is 8.06. The van der Waals surface area contributed by atoms with Crippen LogP contribution < -0.4 is 5.73 Å². The third-order valence-electron chi connectivity index (χ3n) is 4.13. The van der Waals surface area contributed by atoms with Crippen LogP contribution in [-0.4, -0.2) is 41.8 Å². The lowest BCUT2D eigenvalue weighted by atomic mass is 9.89. The number of rotatable bonds is 4. The average Bonchev–Trinajstić information content (AvgIpc) is 2.98. The van der Waals surface area contributed by atoms with Crippen LogP contribution in [0.3, 0.4) is 0 Å². The predicted octanol–water partition coefficient (Wildman–Crippen LogP) is 1.06. The van der Waals surface area contributed by atoms with Gasteiger partial charge in [0.05, 0.1) is 5.60 Å². The molecule has 3 N–H and O–H groups in total. The fraction of sp³-hybridized carbons (Fsp3) is 1.00. The molecule has 3 nitrogen and oxygen atoms in total. The first-order valence-corrected chi connectivity index (χ1v) is 6.68. The Labute approximate surface area is 99.0 Å². The molecule has 0 aromatic carbocycles. The number of β-amino-alcohol motifs (C(OH)–C–C–N with tert-alkyl or cyclic N) is 1. The first-order chi connectivity index (χ1) is 7.53. The van der Waals surface area contributed by atoms with E-state index in [1.54, 1.807) is 0 Å². The van der Waals surface area contributed by atoms with Crippen LogP contribution in [0.4, 0.5) is 0 Å². The molecular formula is C13H26N2O. The Balaban J connectivity index is 1.92. The minimum atomic E-state index is -0.614. The van der Waals surface area contributed by atoms with Gasteiger partial charge in [0.2, 0.25) is 0 Å². The molecule has 0 aromatic heterocycles. The van der Waals surface area contributed by atoms with Gasteiger partial charge >= 0.3 is 0 Å². The quantitative estimate of drug-likeness (QED) is 0.754. The van der Waals surface area contributed by atoms with Crippen molar-refractivity contribution in [3.05, 3.63) is 0 Å². The van der Waals surface area contributed by atoms with E-state index >= 15 is 0 Å². The van der Waals surface area contributed by atoms with Gasteiger partial charge in [0.1, 0.15) is 0 Å². The summed E-state index contributed by atoms with van der Waals surface area (Å²) in [5.74, 6) is 1.97. The lowest BCUT2D eigenvalue weighted by Crippen LogP contribution is -2.53. The average molecular weight is 226 g/mol. The van der Waals surface area contributed by atoms with Crippen molar-refractivity contribution in [1.29, 1.82) is 0 Å². The van der Waals surface area contributed by atoms with Crippen LogP contribution in [0.2, 0.25) is 0 Å². The maximum Gasteiger partial charge on any atom is 0.0923 e. The third-order valence-corrected chi connectivity index (χ3v) is 4.13. The van der Waals surface area contributed by atoms with Crippen LogP contribution in [0.25, 0.3) is 0 Å². The Morgan fingerprint density at radius 1 is 1.25 bits per heavy atom. The molecule has 3 unspecified atom stereocenters. The number of aliphatic hydroxyl groups is 1. The maximum atomic E-state index is 10.5. The number of piperidine rings is 1. The van der Waals surface area contributed by atoms with Gasteiger partial charge in [0, 0.05) is 26.2 Å². The van der Waals surface area contributed by atoms with E-state index in [1.807, 2.05) is 0 Å².